The van der Waals surface area contributed by atoms with Crippen LogP contribution in [0.5, 0.6) is 5.75 Å². The Labute approximate surface area is 124 Å². The van der Waals surface area contributed by atoms with Gasteiger partial charge in [0.1, 0.15) is 5.75 Å². The van der Waals surface area contributed by atoms with Crippen LogP contribution in [0.2, 0.25) is 0 Å². The monoisotopic (exact) mass is 278 g/mol. The van der Waals surface area contributed by atoms with Crippen molar-refractivity contribution in [3.63, 3.8) is 0 Å². The van der Waals surface area contributed by atoms with Crippen LogP contribution in [0.15, 0.2) is 24.3 Å². The van der Waals surface area contributed by atoms with E-state index in [-0.39, 0.29) is 5.54 Å². The fraction of sp³-hybridized carbons (Fsp3) is 0.647. The van der Waals surface area contributed by atoms with Gasteiger partial charge in [0, 0.05) is 18.6 Å². The molecule has 0 aromatic heterocycles. The molecule has 0 saturated carbocycles. The Morgan fingerprint density at radius 3 is 2.30 bits per heavy atom. The van der Waals surface area contributed by atoms with Crippen LogP contribution in [0.4, 0.5) is 0 Å². The van der Waals surface area contributed by atoms with Crippen molar-refractivity contribution in [3.05, 3.63) is 29.8 Å². The van der Waals surface area contributed by atoms with E-state index >= 15 is 0 Å². The average Bonchev–Trinajstić information content (AvgIpc) is 2.36. The van der Waals surface area contributed by atoms with Crippen LogP contribution in [0.1, 0.15) is 33.3 Å². The second-order valence-corrected chi connectivity index (χ2v) is 6.78. The molecule has 0 aliphatic carbocycles. The first-order valence-electron chi connectivity index (χ1n) is 7.36. The number of nitrogens with one attached hydrogen (secondary N) is 1. The number of nitrogens with zero attached hydrogens (tertiary/aromatic N) is 1. The highest BCUT2D eigenvalue weighted by molar-refractivity contribution is 5.27. The van der Waals surface area contributed by atoms with Gasteiger partial charge in [-0.2, -0.15) is 0 Å². The van der Waals surface area contributed by atoms with Crippen LogP contribution in [-0.2, 0) is 6.54 Å². The van der Waals surface area contributed by atoms with Gasteiger partial charge in [0.15, 0.2) is 0 Å². The van der Waals surface area contributed by atoms with Crippen LogP contribution in [0.3, 0.4) is 0 Å². The summed E-state index contributed by atoms with van der Waals surface area (Å²) in [5, 5.41) is 3.56. The van der Waals surface area contributed by atoms with Gasteiger partial charge in [0.05, 0.1) is 7.11 Å². The Balaban J connectivity index is 2.36. The maximum atomic E-state index is 5.18. The van der Waals surface area contributed by atoms with Crippen LogP contribution in [-0.4, -0.2) is 37.7 Å². The molecule has 0 saturated heterocycles. The van der Waals surface area contributed by atoms with Gasteiger partial charge in [0.25, 0.3) is 0 Å². The lowest BCUT2D eigenvalue weighted by Crippen LogP contribution is -2.40. The minimum absolute atomic E-state index is 0.197. The number of hydrogen-bond donors (Lipinski definition) is 1. The fourth-order valence-corrected chi connectivity index (χ4v) is 2.18. The molecular formula is C17H30N2O. The van der Waals surface area contributed by atoms with E-state index in [0.717, 1.165) is 25.4 Å². The highest BCUT2D eigenvalue weighted by atomic mass is 16.5. The number of benzene rings is 1. The Hall–Kier alpha value is -1.06. The van der Waals surface area contributed by atoms with E-state index < -0.39 is 0 Å². The summed E-state index contributed by atoms with van der Waals surface area (Å²) >= 11 is 0. The molecule has 0 bridgehead atoms. The van der Waals surface area contributed by atoms with Crippen molar-refractivity contribution in [2.45, 2.75) is 39.8 Å². The minimum Gasteiger partial charge on any atom is -0.497 e. The summed E-state index contributed by atoms with van der Waals surface area (Å²) in [6, 6.07) is 8.31. The van der Waals surface area contributed by atoms with Gasteiger partial charge >= 0.3 is 0 Å². The van der Waals surface area contributed by atoms with E-state index in [0.29, 0.717) is 5.92 Å². The lowest BCUT2D eigenvalue weighted by Gasteiger charge is -2.26. The van der Waals surface area contributed by atoms with E-state index in [1.54, 1.807) is 7.11 Å². The first kappa shape index (κ1) is 17.0. The molecule has 0 radical (unpaired) electrons. The first-order chi connectivity index (χ1) is 9.30. The summed E-state index contributed by atoms with van der Waals surface area (Å²) in [5.41, 5.74) is 1.52. The standard InChI is InChI=1S/C17H30N2O/c1-14(11-18-17(2,3)4)12-19(5)13-15-7-9-16(20-6)10-8-15/h7-10,14,18H,11-13H2,1-6H3. The van der Waals surface area contributed by atoms with E-state index in [4.69, 9.17) is 4.74 Å². The van der Waals surface area contributed by atoms with Crippen LogP contribution < -0.4 is 10.1 Å². The maximum absolute atomic E-state index is 5.18. The summed E-state index contributed by atoms with van der Waals surface area (Å²) in [7, 11) is 3.88. The van der Waals surface area contributed by atoms with Crippen molar-refractivity contribution in [2.24, 2.45) is 5.92 Å². The van der Waals surface area contributed by atoms with Crippen LogP contribution in [0, 0.1) is 5.92 Å². The molecule has 1 aromatic carbocycles. The van der Waals surface area contributed by atoms with E-state index in [9.17, 15) is 0 Å². The molecule has 1 N–H and O–H groups in total. The van der Waals surface area contributed by atoms with Crippen molar-refractivity contribution in [1.82, 2.24) is 10.2 Å². The second-order valence-electron chi connectivity index (χ2n) is 6.78. The zero-order valence-corrected chi connectivity index (χ0v) is 13.9. The number of rotatable bonds is 7. The normalized spacial score (nSPS) is 13.6. The van der Waals surface area contributed by atoms with Gasteiger partial charge in [-0.1, -0.05) is 19.1 Å². The summed E-state index contributed by atoms with van der Waals surface area (Å²) in [6.45, 7) is 12.0. The average molecular weight is 278 g/mol. The molecule has 3 heteroatoms. The SMILES string of the molecule is COc1ccc(CN(C)CC(C)CNC(C)(C)C)cc1. The quantitative estimate of drug-likeness (QED) is 0.829. The largest absolute Gasteiger partial charge is 0.497 e. The third-order valence-corrected chi connectivity index (χ3v) is 3.22. The molecule has 114 valence electrons. The molecule has 1 unspecified atom stereocenters. The van der Waals surface area contributed by atoms with Gasteiger partial charge in [-0.25, -0.2) is 0 Å². The molecule has 1 aromatic rings. The molecule has 20 heavy (non-hydrogen) atoms. The van der Waals surface area contributed by atoms with Gasteiger partial charge in [-0.3, -0.25) is 0 Å². The summed E-state index contributed by atoms with van der Waals surface area (Å²) in [5.74, 6) is 1.55. The molecular weight excluding hydrogens is 248 g/mol. The van der Waals surface area contributed by atoms with Crippen molar-refractivity contribution in [2.75, 3.05) is 27.2 Å². The van der Waals surface area contributed by atoms with Crippen molar-refractivity contribution < 1.29 is 4.74 Å². The fourth-order valence-electron chi connectivity index (χ4n) is 2.18. The zero-order chi connectivity index (χ0) is 15.2. The van der Waals surface area contributed by atoms with Gasteiger partial charge in [-0.15, -0.1) is 0 Å². The van der Waals surface area contributed by atoms with E-state index in [1.165, 1.54) is 5.56 Å². The molecule has 0 amide bonds. The topological polar surface area (TPSA) is 24.5 Å². The molecule has 1 atom stereocenters. The Kier molecular flexibility index (Phi) is 6.50. The van der Waals surface area contributed by atoms with Gasteiger partial charge in [-0.05, 0) is 58.0 Å². The number of hydrogen-bond acceptors (Lipinski definition) is 3. The van der Waals surface area contributed by atoms with Crippen LogP contribution >= 0.6 is 0 Å². The lowest BCUT2D eigenvalue weighted by atomic mass is 10.1. The highest BCUT2D eigenvalue weighted by Gasteiger charge is 2.12. The predicted molar refractivity (Wildman–Crippen MR) is 86.2 cm³/mol. The molecule has 0 heterocycles. The molecule has 0 aliphatic heterocycles. The maximum Gasteiger partial charge on any atom is 0.118 e. The predicted octanol–water partition coefficient (Wildman–Crippen LogP) is 3.15. The first-order valence-corrected chi connectivity index (χ1v) is 7.36. The van der Waals surface area contributed by atoms with E-state index in [2.05, 4.69) is 57.1 Å². The van der Waals surface area contributed by atoms with Gasteiger partial charge in [0.2, 0.25) is 0 Å². The zero-order valence-electron chi connectivity index (χ0n) is 13.9. The summed E-state index contributed by atoms with van der Waals surface area (Å²) < 4.78 is 5.18. The van der Waals surface area contributed by atoms with Crippen molar-refractivity contribution >= 4 is 0 Å². The molecule has 3 nitrogen and oxygen atoms in total. The number of ether oxygens (including phenoxy) is 1. The molecule has 0 spiro atoms. The van der Waals surface area contributed by atoms with E-state index in [1.807, 2.05) is 12.1 Å². The third kappa shape index (κ3) is 6.92. The molecule has 1 rings (SSSR count). The van der Waals surface area contributed by atoms with Gasteiger partial charge < -0.3 is 15.0 Å². The molecule has 0 fully saturated rings. The number of methoxy groups -OCH3 is 1. The minimum atomic E-state index is 0.197. The van der Waals surface area contributed by atoms with Crippen molar-refractivity contribution in [1.29, 1.82) is 0 Å². The Bertz CT molecular complexity index is 381. The Morgan fingerprint density at radius 1 is 1.20 bits per heavy atom. The highest BCUT2D eigenvalue weighted by Crippen LogP contribution is 2.13. The second kappa shape index (κ2) is 7.65. The molecule has 0 aliphatic rings. The van der Waals surface area contributed by atoms with Crippen LogP contribution in [0.25, 0.3) is 0 Å². The summed E-state index contributed by atoms with van der Waals surface area (Å²) in [6.07, 6.45) is 0. The third-order valence-electron chi connectivity index (χ3n) is 3.22. The van der Waals surface area contributed by atoms with Crippen molar-refractivity contribution in [3.8, 4) is 5.75 Å². The smallest absolute Gasteiger partial charge is 0.118 e. The lowest BCUT2D eigenvalue weighted by molar-refractivity contribution is 0.261. The Morgan fingerprint density at radius 2 is 1.80 bits per heavy atom. The summed E-state index contributed by atoms with van der Waals surface area (Å²) in [4.78, 5) is 2.37.